The summed E-state index contributed by atoms with van der Waals surface area (Å²) in [5.74, 6) is 1.38. The second-order valence-corrected chi connectivity index (χ2v) is 7.39. The van der Waals surface area contributed by atoms with Gasteiger partial charge in [-0.3, -0.25) is 10.1 Å². The van der Waals surface area contributed by atoms with E-state index in [0.29, 0.717) is 22.3 Å². The van der Waals surface area contributed by atoms with Crippen molar-refractivity contribution in [3.8, 4) is 6.07 Å². The van der Waals surface area contributed by atoms with E-state index in [-0.39, 0.29) is 5.91 Å². The molecule has 3 aromatic heterocycles. The minimum absolute atomic E-state index is 0.260. The zero-order valence-corrected chi connectivity index (χ0v) is 16.3. The maximum Gasteiger partial charge on any atom is 0.259 e. The van der Waals surface area contributed by atoms with Gasteiger partial charge in [-0.2, -0.15) is 5.26 Å². The van der Waals surface area contributed by atoms with E-state index in [0.717, 1.165) is 37.6 Å². The van der Waals surface area contributed by atoms with Crippen molar-refractivity contribution in [1.82, 2.24) is 20.2 Å². The molecule has 29 heavy (non-hydrogen) atoms. The predicted octanol–water partition coefficient (Wildman–Crippen LogP) is 2.53. The molecule has 4 rings (SSSR count). The van der Waals surface area contributed by atoms with Gasteiger partial charge >= 0.3 is 0 Å². The molecule has 0 unspecified atom stereocenters. The third-order valence-corrected chi connectivity index (χ3v) is 5.26. The molecule has 4 heterocycles. The van der Waals surface area contributed by atoms with Crippen LogP contribution in [0.25, 0.3) is 0 Å². The summed E-state index contributed by atoms with van der Waals surface area (Å²) in [5, 5.41) is 22.9. The number of amides is 1. The largest absolute Gasteiger partial charge is 0.367 e. The van der Waals surface area contributed by atoms with E-state index >= 15 is 0 Å². The Hall–Kier alpha value is -3.58. The minimum atomic E-state index is -0.260. The van der Waals surface area contributed by atoms with Crippen molar-refractivity contribution < 1.29 is 4.79 Å². The van der Waals surface area contributed by atoms with Gasteiger partial charge in [0.25, 0.3) is 5.91 Å². The van der Waals surface area contributed by atoms with Gasteiger partial charge in [0.05, 0.1) is 11.1 Å². The van der Waals surface area contributed by atoms with Crippen LogP contribution in [0.3, 0.4) is 0 Å². The molecule has 1 aliphatic heterocycles. The van der Waals surface area contributed by atoms with Crippen LogP contribution in [-0.4, -0.2) is 45.2 Å². The molecule has 0 bridgehead atoms. The molecule has 146 valence electrons. The first kappa shape index (κ1) is 18.8. The van der Waals surface area contributed by atoms with E-state index in [2.05, 4.69) is 41.8 Å². The fraction of sp³-hybridized carbons (Fsp3) is 0.263. The predicted molar refractivity (Wildman–Crippen MR) is 110 cm³/mol. The Morgan fingerprint density at radius 1 is 1.17 bits per heavy atom. The van der Waals surface area contributed by atoms with Gasteiger partial charge in [-0.25, -0.2) is 9.97 Å². The van der Waals surface area contributed by atoms with Crippen LogP contribution in [0, 0.1) is 11.3 Å². The fourth-order valence-electron chi connectivity index (χ4n) is 3.11. The molecular formula is C19H18N8OS. The van der Waals surface area contributed by atoms with Crippen molar-refractivity contribution in [3.63, 3.8) is 0 Å². The van der Waals surface area contributed by atoms with E-state index < -0.39 is 0 Å². The van der Waals surface area contributed by atoms with E-state index in [1.807, 2.05) is 12.1 Å². The van der Waals surface area contributed by atoms with Crippen molar-refractivity contribution in [2.45, 2.75) is 18.9 Å². The molecule has 1 fully saturated rings. The number of nitrogens with zero attached hydrogens (tertiary/aromatic N) is 6. The average molecular weight is 406 g/mol. The van der Waals surface area contributed by atoms with Gasteiger partial charge in [-0.05, 0) is 37.1 Å². The van der Waals surface area contributed by atoms with E-state index in [9.17, 15) is 4.79 Å². The van der Waals surface area contributed by atoms with Crippen molar-refractivity contribution in [2.75, 3.05) is 28.6 Å². The van der Waals surface area contributed by atoms with E-state index in [4.69, 9.17) is 5.26 Å². The lowest BCUT2D eigenvalue weighted by Gasteiger charge is -2.33. The first-order valence-electron chi connectivity index (χ1n) is 9.12. The first-order valence-corrected chi connectivity index (χ1v) is 10.0. The highest BCUT2D eigenvalue weighted by molar-refractivity contribution is 7.13. The quantitative estimate of drug-likeness (QED) is 0.663. The molecule has 1 amide bonds. The third kappa shape index (κ3) is 4.64. The highest BCUT2D eigenvalue weighted by atomic mass is 32.1. The van der Waals surface area contributed by atoms with Gasteiger partial charge in [0.2, 0.25) is 5.13 Å². The minimum Gasteiger partial charge on any atom is -0.367 e. The van der Waals surface area contributed by atoms with Gasteiger partial charge in [0.1, 0.15) is 23.2 Å². The fourth-order valence-corrected chi connectivity index (χ4v) is 3.55. The highest BCUT2D eigenvalue weighted by Gasteiger charge is 2.20. The topological polar surface area (TPSA) is 120 Å². The number of anilines is 3. The molecule has 10 heteroatoms. The third-order valence-electron chi connectivity index (χ3n) is 4.65. The normalized spacial score (nSPS) is 14.2. The lowest BCUT2D eigenvalue weighted by atomic mass is 10.0. The summed E-state index contributed by atoms with van der Waals surface area (Å²) in [4.78, 5) is 23.1. The number of carbonyl (C=O) groups excluding carboxylic acids is 1. The SMILES string of the molecule is N#Cc1ccc(N2CCC(Nc3ccc(C(=O)Nc4nncs4)cn3)CC2)nc1. The van der Waals surface area contributed by atoms with E-state index in [1.54, 1.807) is 30.0 Å². The summed E-state index contributed by atoms with van der Waals surface area (Å²) >= 11 is 1.26. The zero-order valence-electron chi connectivity index (χ0n) is 15.4. The lowest BCUT2D eigenvalue weighted by molar-refractivity contribution is 0.102. The van der Waals surface area contributed by atoms with Gasteiger partial charge in [0.15, 0.2) is 0 Å². The van der Waals surface area contributed by atoms with Crippen LogP contribution in [0.5, 0.6) is 0 Å². The summed E-state index contributed by atoms with van der Waals surface area (Å²) in [6.07, 6.45) is 5.05. The molecule has 3 aromatic rings. The molecule has 0 aromatic carbocycles. The lowest BCUT2D eigenvalue weighted by Crippen LogP contribution is -2.39. The number of rotatable bonds is 5. The number of aromatic nitrogens is 4. The second kappa shape index (κ2) is 8.62. The molecule has 1 saturated heterocycles. The standard InChI is InChI=1S/C19H18N8OS/c20-9-13-1-4-17(22-10-13)27-7-5-15(6-8-27)24-16-3-2-14(11-21-16)18(28)25-19-26-23-12-29-19/h1-4,10-12,15H,5-8H2,(H,21,24)(H,25,26,28). The summed E-state index contributed by atoms with van der Waals surface area (Å²) < 4.78 is 0. The van der Waals surface area contributed by atoms with Gasteiger partial charge in [-0.1, -0.05) is 11.3 Å². The summed E-state index contributed by atoms with van der Waals surface area (Å²) in [5.41, 5.74) is 2.59. The first-order chi connectivity index (χ1) is 14.2. The molecule has 0 spiro atoms. The molecule has 1 aliphatic rings. The molecule has 0 aliphatic carbocycles. The Morgan fingerprint density at radius 2 is 2.03 bits per heavy atom. The van der Waals surface area contributed by atoms with Gasteiger partial charge in [0, 0.05) is 31.5 Å². The Morgan fingerprint density at radius 3 is 2.66 bits per heavy atom. The Labute approximate surface area is 171 Å². The Kier molecular flexibility index (Phi) is 5.58. The molecular weight excluding hydrogens is 388 g/mol. The molecule has 2 N–H and O–H groups in total. The van der Waals surface area contributed by atoms with Crippen LogP contribution in [0.1, 0.15) is 28.8 Å². The molecule has 0 saturated carbocycles. The monoisotopic (exact) mass is 406 g/mol. The summed E-state index contributed by atoms with van der Waals surface area (Å²) in [6, 6.07) is 9.61. The number of hydrogen-bond acceptors (Lipinski definition) is 9. The van der Waals surface area contributed by atoms with E-state index in [1.165, 1.54) is 11.3 Å². The van der Waals surface area contributed by atoms with Gasteiger partial charge in [-0.15, -0.1) is 10.2 Å². The Bertz CT molecular complexity index is 990. The van der Waals surface area contributed by atoms with Crippen molar-refractivity contribution in [2.24, 2.45) is 0 Å². The maximum absolute atomic E-state index is 12.2. The number of nitrogens with one attached hydrogen (secondary N) is 2. The smallest absolute Gasteiger partial charge is 0.259 e. The Balaban J connectivity index is 1.29. The number of nitriles is 1. The van der Waals surface area contributed by atoms with Crippen LogP contribution in [0.15, 0.2) is 42.2 Å². The van der Waals surface area contributed by atoms with Crippen molar-refractivity contribution in [1.29, 1.82) is 5.26 Å². The highest BCUT2D eigenvalue weighted by Crippen LogP contribution is 2.20. The summed E-state index contributed by atoms with van der Waals surface area (Å²) in [7, 11) is 0. The van der Waals surface area contributed by atoms with Crippen molar-refractivity contribution in [3.05, 3.63) is 53.3 Å². The molecule has 0 radical (unpaired) electrons. The van der Waals surface area contributed by atoms with Crippen LogP contribution < -0.4 is 15.5 Å². The number of piperidine rings is 1. The van der Waals surface area contributed by atoms with Crippen molar-refractivity contribution >= 4 is 34.0 Å². The zero-order chi connectivity index (χ0) is 20.1. The average Bonchev–Trinajstić information content (AvgIpc) is 3.28. The molecule has 9 nitrogen and oxygen atoms in total. The van der Waals surface area contributed by atoms with Crippen LogP contribution in [-0.2, 0) is 0 Å². The van der Waals surface area contributed by atoms with Crippen LogP contribution >= 0.6 is 11.3 Å². The second-order valence-electron chi connectivity index (χ2n) is 6.55. The molecule has 0 atom stereocenters. The van der Waals surface area contributed by atoms with Crippen LogP contribution in [0.2, 0.25) is 0 Å². The maximum atomic E-state index is 12.2. The number of hydrogen-bond donors (Lipinski definition) is 2. The summed E-state index contributed by atoms with van der Waals surface area (Å²) in [6.45, 7) is 1.75. The number of carbonyl (C=O) groups is 1. The van der Waals surface area contributed by atoms with Crippen LogP contribution in [0.4, 0.5) is 16.8 Å². The number of pyridine rings is 2. The van der Waals surface area contributed by atoms with Gasteiger partial charge < -0.3 is 10.2 Å².